The van der Waals surface area contributed by atoms with Crippen LogP contribution in [0.3, 0.4) is 0 Å². The number of fused-ring (bicyclic) bond motifs is 1. The topological polar surface area (TPSA) is 59.8 Å². The molecule has 26 heavy (non-hydrogen) atoms. The smallest absolute Gasteiger partial charge is 0.256 e. The molecule has 0 saturated carbocycles. The van der Waals surface area contributed by atoms with Gasteiger partial charge in [0.1, 0.15) is 0 Å². The summed E-state index contributed by atoms with van der Waals surface area (Å²) in [5, 5.41) is 8.23. The van der Waals surface area contributed by atoms with Gasteiger partial charge >= 0.3 is 0 Å². The number of aryl methyl sites for hydroxylation is 2. The molecule has 0 spiro atoms. The van der Waals surface area contributed by atoms with Gasteiger partial charge in [-0.15, -0.1) is 0 Å². The quantitative estimate of drug-likeness (QED) is 0.638. The van der Waals surface area contributed by atoms with Crippen molar-refractivity contribution in [2.75, 3.05) is 12.3 Å². The molecule has 1 amide bonds. The third-order valence-corrected chi connectivity index (χ3v) is 7.22. The van der Waals surface area contributed by atoms with Crippen LogP contribution >= 0.6 is 19.7 Å². The Kier molecular flexibility index (Phi) is 5.10. The highest BCUT2D eigenvalue weighted by molar-refractivity contribution is 7.56. The number of hydrogen-bond donors (Lipinski definition) is 1. The molecule has 7 heteroatoms. The molecule has 1 unspecified atom stereocenters. The number of nitrogens with one attached hydrogen (secondary N) is 1. The van der Waals surface area contributed by atoms with Gasteiger partial charge in [0, 0.05) is 18.1 Å². The molecule has 3 heterocycles. The van der Waals surface area contributed by atoms with Crippen LogP contribution in [0.1, 0.15) is 40.2 Å². The van der Waals surface area contributed by atoms with Crippen molar-refractivity contribution in [1.82, 2.24) is 19.9 Å². The number of halogens is 1. The molecule has 2 aromatic heterocycles. The van der Waals surface area contributed by atoms with Gasteiger partial charge in [0.05, 0.1) is 29.0 Å². The number of allylic oxidation sites excluding steroid dienone is 2. The van der Waals surface area contributed by atoms with E-state index in [1.165, 1.54) is 29.7 Å². The van der Waals surface area contributed by atoms with Crippen LogP contribution in [0.2, 0.25) is 5.02 Å². The molecule has 1 aliphatic carbocycles. The van der Waals surface area contributed by atoms with Crippen molar-refractivity contribution in [3.05, 3.63) is 57.6 Å². The van der Waals surface area contributed by atoms with Crippen LogP contribution in [0.15, 0.2) is 30.1 Å². The van der Waals surface area contributed by atoms with E-state index in [-0.39, 0.29) is 5.91 Å². The summed E-state index contributed by atoms with van der Waals surface area (Å²) in [6.07, 6.45) is 12.4. The van der Waals surface area contributed by atoms with Crippen molar-refractivity contribution < 1.29 is 4.79 Å². The third kappa shape index (κ3) is 3.70. The minimum absolute atomic E-state index is 0.0645. The summed E-state index contributed by atoms with van der Waals surface area (Å²) in [6.45, 7) is 2.73. The summed E-state index contributed by atoms with van der Waals surface area (Å²) in [5.74, 6) is -0.0645. The van der Waals surface area contributed by atoms with E-state index in [9.17, 15) is 4.79 Å². The number of carbonyl (C=O) groups is 1. The summed E-state index contributed by atoms with van der Waals surface area (Å²) in [4.78, 5) is 16.7. The Morgan fingerprint density at radius 1 is 1.35 bits per heavy atom. The Hall–Kier alpha value is -1.71. The van der Waals surface area contributed by atoms with Gasteiger partial charge in [0.2, 0.25) is 0 Å². The Bertz CT molecular complexity index is 876. The summed E-state index contributed by atoms with van der Waals surface area (Å²) in [5.41, 5.74) is 5.54. The predicted octanol–water partition coefficient (Wildman–Crippen LogP) is 3.89. The van der Waals surface area contributed by atoms with Crippen LogP contribution in [0.5, 0.6) is 0 Å². The van der Waals surface area contributed by atoms with E-state index in [0.29, 0.717) is 16.3 Å². The third-order valence-electron chi connectivity index (χ3n) is 5.11. The molecule has 0 fully saturated rings. The number of carbonyl (C=O) groups excluding carboxylic acids is 1. The maximum atomic E-state index is 12.5. The fourth-order valence-corrected chi connectivity index (χ4v) is 5.61. The molecule has 0 saturated heterocycles. The Balaban J connectivity index is 1.36. The number of amides is 1. The van der Waals surface area contributed by atoms with E-state index in [1.54, 1.807) is 12.3 Å². The van der Waals surface area contributed by atoms with E-state index >= 15 is 0 Å². The van der Waals surface area contributed by atoms with E-state index in [4.69, 9.17) is 11.6 Å². The van der Waals surface area contributed by atoms with E-state index in [1.807, 2.05) is 13.1 Å². The number of nitrogens with zero attached hydrogens (tertiary/aromatic N) is 3. The van der Waals surface area contributed by atoms with E-state index in [2.05, 4.69) is 25.9 Å². The molecule has 0 bridgehead atoms. The highest BCUT2D eigenvalue weighted by atomic mass is 35.5. The summed E-state index contributed by atoms with van der Waals surface area (Å²) >= 11 is 5.98. The van der Waals surface area contributed by atoms with Gasteiger partial charge in [-0.05, 0) is 58.5 Å². The highest BCUT2D eigenvalue weighted by Crippen LogP contribution is 2.38. The summed E-state index contributed by atoms with van der Waals surface area (Å²) in [7, 11) is -0.528. The van der Waals surface area contributed by atoms with Crippen LogP contribution in [0, 0.1) is 6.92 Å². The normalized spacial score (nSPS) is 19.2. The molecule has 5 nitrogen and oxygen atoms in total. The zero-order valence-corrected chi connectivity index (χ0v) is 16.5. The van der Waals surface area contributed by atoms with Crippen molar-refractivity contribution in [2.24, 2.45) is 0 Å². The summed E-state index contributed by atoms with van der Waals surface area (Å²) in [6, 6.07) is 1.69. The SMILES string of the molecule is Cc1ncc(Cl)cc1C(=O)NP1CC=C(Cn2ncc3c2CCC3)CC1. The van der Waals surface area contributed by atoms with Crippen LogP contribution in [-0.2, 0) is 19.4 Å². The Morgan fingerprint density at radius 3 is 3.04 bits per heavy atom. The number of aromatic nitrogens is 3. The number of rotatable bonds is 4. The molecule has 2 aromatic rings. The monoisotopic (exact) mass is 388 g/mol. The van der Waals surface area contributed by atoms with Gasteiger partial charge < -0.3 is 5.09 Å². The molecule has 1 aliphatic heterocycles. The second kappa shape index (κ2) is 7.50. The minimum atomic E-state index is -0.528. The maximum absolute atomic E-state index is 12.5. The van der Waals surface area contributed by atoms with Gasteiger partial charge in [-0.3, -0.25) is 14.5 Å². The first kappa shape index (κ1) is 17.7. The van der Waals surface area contributed by atoms with Crippen LogP contribution in [0.25, 0.3) is 0 Å². The van der Waals surface area contributed by atoms with Crippen molar-refractivity contribution in [2.45, 2.75) is 39.2 Å². The lowest BCUT2D eigenvalue weighted by Gasteiger charge is -2.24. The van der Waals surface area contributed by atoms with Crippen molar-refractivity contribution >= 4 is 25.6 Å². The van der Waals surface area contributed by atoms with Crippen LogP contribution in [0.4, 0.5) is 0 Å². The van der Waals surface area contributed by atoms with Crippen molar-refractivity contribution in [3.63, 3.8) is 0 Å². The van der Waals surface area contributed by atoms with Crippen LogP contribution < -0.4 is 5.09 Å². The van der Waals surface area contributed by atoms with Gasteiger partial charge in [0.25, 0.3) is 5.91 Å². The lowest BCUT2D eigenvalue weighted by molar-refractivity contribution is 0.0981. The first-order valence-electron chi connectivity index (χ1n) is 8.99. The van der Waals surface area contributed by atoms with E-state index in [0.717, 1.165) is 31.7 Å². The van der Waals surface area contributed by atoms with Gasteiger partial charge in [0.15, 0.2) is 0 Å². The molecule has 0 radical (unpaired) electrons. The average Bonchev–Trinajstić information content (AvgIpc) is 3.24. The first-order chi connectivity index (χ1) is 12.6. The standard InChI is InChI=1S/C19H22ClN4OP/c1-13-17(9-16(20)11-21-13)19(25)23-26-7-5-14(6-8-26)12-24-18-4-2-3-15(18)10-22-24/h5,9-11H,2-4,6-8,12H2,1H3,(H,23,25). The molecule has 0 aromatic carbocycles. The molecule has 2 aliphatic rings. The molecular formula is C19H22ClN4OP. The van der Waals surface area contributed by atoms with Crippen LogP contribution in [-0.4, -0.2) is 33.0 Å². The maximum Gasteiger partial charge on any atom is 0.256 e. The zero-order chi connectivity index (χ0) is 18.1. The number of hydrogen-bond acceptors (Lipinski definition) is 3. The molecule has 4 rings (SSSR count). The average molecular weight is 389 g/mol. The van der Waals surface area contributed by atoms with Gasteiger partial charge in [-0.1, -0.05) is 23.3 Å². The highest BCUT2D eigenvalue weighted by Gasteiger charge is 2.21. The Labute approximate surface area is 159 Å². The minimum Gasteiger partial charge on any atom is -0.331 e. The number of pyridine rings is 1. The fraction of sp³-hybridized carbons (Fsp3) is 0.421. The molecule has 1 N–H and O–H groups in total. The molecule has 136 valence electrons. The largest absolute Gasteiger partial charge is 0.331 e. The molecular weight excluding hydrogens is 367 g/mol. The summed E-state index contributed by atoms with van der Waals surface area (Å²) < 4.78 is 2.17. The van der Waals surface area contributed by atoms with Crippen molar-refractivity contribution in [3.8, 4) is 0 Å². The second-order valence-corrected chi connectivity index (χ2v) is 9.47. The lowest BCUT2D eigenvalue weighted by atomic mass is 10.2. The molecule has 1 atom stereocenters. The van der Waals surface area contributed by atoms with Gasteiger partial charge in [-0.25, -0.2) is 0 Å². The van der Waals surface area contributed by atoms with Crippen molar-refractivity contribution in [1.29, 1.82) is 0 Å². The Morgan fingerprint density at radius 2 is 2.23 bits per heavy atom. The zero-order valence-electron chi connectivity index (χ0n) is 14.8. The first-order valence-corrected chi connectivity index (χ1v) is 11.1. The second-order valence-electron chi connectivity index (χ2n) is 6.91. The van der Waals surface area contributed by atoms with Gasteiger partial charge in [-0.2, -0.15) is 5.10 Å². The lowest BCUT2D eigenvalue weighted by Crippen LogP contribution is -2.23. The predicted molar refractivity (Wildman–Crippen MR) is 105 cm³/mol. The van der Waals surface area contributed by atoms with E-state index < -0.39 is 8.07 Å². The fourth-order valence-electron chi connectivity index (χ4n) is 3.62.